The van der Waals surface area contributed by atoms with E-state index in [1.165, 1.54) is 7.11 Å². The molecule has 0 saturated heterocycles. The Morgan fingerprint density at radius 1 is 1.33 bits per heavy atom. The number of rotatable bonds is 8. The van der Waals surface area contributed by atoms with Gasteiger partial charge < -0.3 is 19.9 Å². The van der Waals surface area contributed by atoms with Gasteiger partial charge in [0.2, 0.25) is 11.9 Å². The van der Waals surface area contributed by atoms with E-state index in [1.54, 1.807) is 0 Å². The SMILES string of the molecule is CCOc1nc(NN)nc(NCC(O)COC)n1. The van der Waals surface area contributed by atoms with Crippen LogP contribution in [0, 0.1) is 0 Å². The number of hydrogen-bond acceptors (Lipinski definition) is 9. The normalized spacial score (nSPS) is 12.0. The van der Waals surface area contributed by atoms with Crippen molar-refractivity contribution in [3.63, 3.8) is 0 Å². The van der Waals surface area contributed by atoms with E-state index in [2.05, 4.69) is 25.7 Å². The number of nitrogens with two attached hydrogens (primary N) is 1. The number of anilines is 2. The number of hydrazine groups is 1. The van der Waals surface area contributed by atoms with Crippen molar-refractivity contribution in [3.8, 4) is 6.01 Å². The van der Waals surface area contributed by atoms with Crippen LogP contribution in [-0.4, -0.2) is 53.0 Å². The minimum absolute atomic E-state index is 0.157. The van der Waals surface area contributed by atoms with Gasteiger partial charge in [-0.05, 0) is 6.92 Å². The molecule has 5 N–H and O–H groups in total. The van der Waals surface area contributed by atoms with Crippen molar-refractivity contribution >= 4 is 11.9 Å². The second-order valence-electron chi connectivity index (χ2n) is 3.33. The van der Waals surface area contributed by atoms with E-state index in [9.17, 15) is 5.11 Å². The molecule has 1 aromatic heterocycles. The van der Waals surface area contributed by atoms with Crippen LogP contribution in [0.2, 0.25) is 0 Å². The number of aromatic nitrogens is 3. The summed E-state index contributed by atoms with van der Waals surface area (Å²) in [5, 5.41) is 12.3. The fraction of sp³-hybridized carbons (Fsp3) is 0.667. The molecule has 1 unspecified atom stereocenters. The zero-order chi connectivity index (χ0) is 13.4. The van der Waals surface area contributed by atoms with Gasteiger partial charge in [0, 0.05) is 13.7 Å². The number of hydrogen-bond donors (Lipinski definition) is 4. The van der Waals surface area contributed by atoms with Crippen LogP contribution in [0.4, 0.5) is 11.9 Å². The molecular formula is C9H18N6O3. The summed E-state index contributed by atoms with van der Waals surface area (Å²) >= 11 is 0. The van der Waals surface area contributed by atoms with E-state index < -0.39 is 6.10 Å². The Hall–Kier alpha value is -1.71. The van der Waals surface area contributed by atoms with Gasteiger partial charge in [-0.15, -0.1) is 0 Å². The van der Waals surface area contributed by atoms with Crippen molar-refractivity contribution in [1.82, 2.24) is 15.0 Å². The second kappa shape index (κ2) is 7.58. The highest BCUT2D eigenvalue weighted by Gasteiger charge is 2.08. The molecule has 0 aromatic carbocycles. The lowest BCUT2D eigenvalue weighted by Crippen LogP contribution is -2.25. The summed E-state index contributed by atoms with van der Waals surface area (Å²) in [7, 11) is 1.51. The topological polar surface area (TPSA) is 127 Å². The Morgan fingerprint density at radius 3 is 2.67 bits per heavy atom. The molecule has 102 valence electrons. The molecule has 0 aliphatic rings. The molecule has 0 saturated carbocycles. The molecule has 1 rings (SSSR count). The lowest BCUT2D eigenvalue weighted by molar-refractivity contribution is 0.0726. The van der Waals surface area contributed by atoms with E-state index in [4.69, 9.17) is 15.3 Å². The van der Waals surface area contributed by atoms with Crippen molar-refractivity contribution in [2.45, 2.75) is 13.0 Å². The highest BCUT2D eigenvalue weighted by atomic mass is 16.5. The number of nitrogens with zero attached hydrogens (tertiary/aromatic N) is 3. The Kier molecular flexibility index (Phi) is 6.05. The van der Waals surface area contributed by atoms with E-state index in [1.807, 2.05) is 6.92 Å². The highest BCUT2D eigenvalue weighted by Crippen LogP contribution is 2.10. The Bertz CT molecular complexity index is 364. The molecule has 9 nitrogen and oxygen atoms in total. The highest BCUT2D eigenvalue weighted by molar-refractivity contribution is 5.34. The first-order valence-electron chi connectivity index (χ1n) is 5.46. The first-order chi connectivity index (χ1) is 8.69. The maximum Gasteiger partial charge on any atom is 0.323 e. The van der Waals surface area contributed by atoms with E-state index in [0.717, 1.165) is 0 Å². The van der Waals surface area contributed by atoms with E-state index in [0.29, 0.717) is 6.61 Å². The van der Waals surface area contributed by atoms with Gasteiger partial charge in [0.1, 0.15) is 0 Å². The third kappa shape index (κ3) is 4.65. The fourth-order valence-corrected chi connectivity index (χ4v) is 1.15. The quantitative estimate of drug-likeness (QED) is 0.342. The Labute approximate surface area is 105 Å². The molecule has 0 radical (unpaired) electrons. The van der Waals surface area contributed by atoms with Gasteiger partial charge >= 0.3 is 6.01 Å². The molecule has 0 amide bonds. The monoisotopic (exact) mass is 258 g/mol. The minimum Gasteiger partial charge on any atom is -0.464 e. The Morgan fingerprint density at radius 2 is 2.06 bits per heavy atom. The Balaban J connectivity index is 2.65. The summed E-state index contributed by atoms with van der Waals surface area (Å²) in [6.45, 7) is 2.71. The zero-order valence-corrected chi connectivity index (χ0v) is 10.4. The summed E-state index contributed by atoms with van der Waals surface area (Å²) in [6, 6.07) is 0.157. The smallest absolute Gasteiger partial charge is 0.323 e. The molecule has 18 heavy (non-hydrogen) atoms. The van der Waals surface area contributed by atoms with Crippen molar-refractivity contribution < 1.29 is 14.6 Å². The van der Waals surface area contributed by atoms with Crippen LogP contribution in [0.25, 0.3) is 0 Å². The van der Waals surface area contributed by atoms with Crippen LogP contribution in [-0.2, 0) is 4.74 Å². The fourth-order valence-electron chi connectivity index (χ4n) is 1.15. The first kappa shape index (κ1) is 14.4. The average Bonchev–Trinajstić information content (AvgIpc) is 2.37. The number of nitrogen functional groups attached to an aromatic ring is 1. The third-order valence-electron chi connectivity index (χ3n) is 1.87. The predicted molar refractivity (Wildman–Crippen MR) is 65.2 cm³/mol. The molecule has 0 fully saturated rings. The van der Waals surface area contributed by atoms with Gasteiger partial charge in [-0.1, -0.05) is 0 Å². The molecule has 1 heterocycles. The second-order valence-corrected chi connectivity index (χ2v) is 3.33. The van der Waals surface area contributed by atoms with Crippen LogP contribution in [0.1, 0.15) is 6.92 Å². The lowest BCUT2D eigenvalue weighted by atomic mass is 10.4. The molecule has 0 bridgehead atoms. The van der Waals surface area contributed by atoms with Crippen LogP contribution in [0.5, 0.6) is 6.01 Å². The molecule has 0 aliphatic carbocycles. The van der Waals surface area contributed by atoms with Gasteiger partial charge in [-0.25, -0.2) is 5.84 Å². The van der Waals surface area contributed by atoms with Crippen molar-refractivity contribution in [2.24, 2.45) is 5.84 Å². The number of ether oxygens (including phenoxy) is 2. The summed E-state index contributed by atoms with van der Waals surface area (Å²) in [4.78, 5) is 11.9. The van der Waals surface area contributed by atoms with Gasteiger partial charge in [0.05, 0.1) is 19.3 Å². The number of nitrogens with one attached hydrogen (secondary N) is 2. The van der Waals surface area contributed by atoms with Gasteiger partial charge in [0.15, 0.2) is 0 Å². The number of aliphatic hydroxyl groups is 1. The van der Waals surface area contributed by atoms with Crippen LogP contribution in [0.15, 0.2) is 0 Å². The predicted octanol–water partition coefficient (Wildman–Crippen LogP) is -1.02. The van der Waals surface area contributed by atoms with Gasteiger partial charge in [-0.3, -0.25) is 5.43 Å². The van der Waals surface area contributed by atoms with Gasteiger partial charge in [-0.2, -0.15) is 15.0 Å². The average molecular weight is 258 g/mol. The molecule has 0 aliphatic heterocycles. The maximum absolute atomic E-state index is 9.48. The van der Waals surface area contributed by atoms with Crippen molar-refractivity contribution in [1.29, 1.82) is 0 Å². The van der Waals surface area contributed by atoms with Gasteiger partial charge in [0.25, 0.3) is 0 Å². The number of methoxy groups -OCH3 is 1. The standard InChI is InChI=1S/C9H18N6O3/c1-3-18-9-13-7(12-8(14-9)15-10)11-4-6(16)5-17-2/h6,16H,3-5,10H2,1-2H3,(H2,11,12,13,14,15). The zero-order valence-electron chi connectivity index (χ0n) is 10.4. The summed E-state index contributed by atoms with van der Waals surface area (Å²) < 4.78 is 9.96. The number of aliphatic hydroxyl groups excluding tert-OH is 1. The minimum atomic E-state index is -0.656. The van der Waals surface area contributed by atoms with Crippen LogP contribution in [0.3, 0.4) is 0 Å². The van der Waals surface area contributed by atoms with Crippen molar-refractivity contribution in [3.05, 3.63) is 0 Å². The first-order valence-corrected chi connectivity index (χ1v) is 5.46. The summed E-state index contributed by atoms with van der Waals surface area (Å²) in [5.74, 6) is 5.67. The van der Waals surface area contributed by atoms with Crippen LogP contribution >= 0.6 is 0 Å². The molecule has 1 aromatic rings. The molecule has 9 heteroatoms. The molecule has 1 atom stereocenters. The van der Waals surface area contributed by atoms with E-state index >= 15 is 0 Å². The molecular weight excluding hydrogens is 240 g/mol. The lowest BCUT2D eigenvalue weighted by Gasteiger charge is -2.11. The largest absolute Gasteiger partial charge is 0.464 e. The third-order valence-corrected chi connectivity index (χ3v) is 1.87. The summed E-state index contributed by atoms with van der Waals surface area (Å²) in [6.07, 6.45) is -0.656. The van der Waals surface area contributed by atoms with E-state index in [-0.39, 0.29) is 31.1 Å². The van der Waals surface area contributed by atoms with Crippen LogP contribution < -0.4 is 21.3 Å². The summed E-state index contributed by atoms with van der Waals surface area (Å²) in [5.41, 5.74) is 2.31. The maximum atomic E-state index is 9.48. The molecule has 0 spiro atoms. The van der Waals surface area contributed by atoms with Crippen molar-refractivity contribution in [2.75, 3.05) is 37.6 Å².